The second-order valence-corrected chi connectivity index (χ2v) is 10.7. The average molecular weight is 505 g/mol. The van der Waals surface area contributed by atoms with Crippen LogP contribution >= 0.6 is 0 Å². The molecule has 3 aromatic rings. The smallest absolute Gasteiger partial charge is 0.173 e. The zero-order chi connectivity index (χ0) is 26.3. The molecule has 2 aliphatic rings. The van der Waals surface area contributed by atoms with E-state index in [1.165, 1.54) is 25.7 Å². The van der Waals surface area contributed by atoms with E-state index in [0.717, 1.165) is 71.9 Å². The highest BCUT2D eigenvalue weighted by atomic mass is 16.5. The van der Waals surface area contributed by atoms with E-state index in [-0.39, 0.29) is 5.41 Å². The molecule has 37 heavy (non-hydrogen) atoms. The molecule has 2 heterocycles. The van der Waals surface area contributed by atoms with Gasteiger partial charge in [-0.3, -0.25) is 0 Å². The first-order chi connectivity index (χ1) is 18.0. The number of ether oxygens (including phenoxy) is 1. The van der Waals surface area contributed by atoms with Gasteiger partial charge in [0.15, 0.2) is 5.58 Å². The van der Waals surface area contributed by atoms with Gasteiger partial charge in [0.1, 0.15) is 12.4 Å². The highest BCUT2D eigenvalue weighted by Gasteiger charge is 2.43. The maximum atomic E-state index is 9.59. The van der Waals surface area contributed by atoms with Gasteiger partial charge in [-0.2, -0.15) is 5.26 Å². The van der Waals surface area contributed by atoms with Gasteiger partial charge in [-0.25, -0.2) is 0 Å². The molecule has 0 bridgehead atoms. The fourth-order valence-corrected chi connectivity index (χ4v) is 5.13. The van der Waals surface area contributed by atoms with E-state index in [9.17, 15) is 5.11 Å². The van der Waals surface area contributed by atoms with Crippen molar-refractivity contribution in [2.45, 2.75) is 52.1 Å². The van der Waals surface area contributed by atoms with Crippen LogP contribution in [0.3, 0.4) is 0 Å². The van der Waals surface area contributed by atoms with Crippen LogP contribution < -0.4 is 10.1 Å². The summed E-state index contributed by atoms with van der Waals surface area (Å²) in [6.45, 7) is 6.15. The van der Waals surface area contributed by atoms with Gasteiger partial charge in [-0.15, -0.1) is 0 Å². The first-order valence-corrected chi connectivity index (χ1v) is 13.4. The second kappa shape index (κ2) is 12.6. The number of aromatic nitrogens is 1. The molecule has 7 heteroatoms. The zero-order valence-corrected chi connectivity index (χ0v) is 22.4. The summed E-state index contributed by atoms with van der Waals surface area (Å²) in [7, 11) is 3.75. The average Bonchev–Trinajstić information content (AvgIpc) is 3.58. The lowest BCUT2D eigenvalue weighted by molar-refractivity contribution is 0.115. The number of benzene rings is 2. The van der Waals surface area contributed by atoms with Crippen LogP contribution in [0.1, 0.15) is 54.5 Å². The van der Waals surface area contributed by atoms with E-state index in [1.807, 2.05) is 39.2 Å². The Morgan fingerprint density at radius 2 is 1.86 bits per heavy atom. The van der Waals surface area contributed by atoms with Crippen molar-refractivity contribution in [1.29, 1.82) is 5.26 Å². The summed E-state index contributed by atoms with van der Waals surface area (Å²) in [5.41, 5.74) is 4.70. The van der Waals surface area contributed by atoms with Gasteiger partial charge < -0.3 is 24.6 Å². The Hall–Kier alpha value is -2.92. The van der Waals surface area contributed by atoms with Gasteiger partial charge in [-0.1, -0.05) is 17.3 Å². The summed E-state index contributed by atoms with van der Waals surface area (Å²) in [5, 5.41) is 26.8. The Labute approximate surface area is 220 Å². The normalized spacial score (nSPS) is 17.2. The van der Waals surface area contributed by atoms with E-state index in [0.29, 0.717) is 18.8 Å². The summed E-state index contributed by atoms with van der Waals surface area (Å²) in [4.78, 5) is 2.55. The van der Waals surface area contributed by atoms with Crippen LogP contribution in [0.2, 0.25) is 0 Å². The first kappa shape index (κ1) is 27.1. The highest BCUT2D eigenvalue weighted by molar-refractivity contribution is 5.84. The molecule has 2 fully saturated rings. The largest absolute Gasteiger partial charge is 0.488 e. The number of hydrogen-bond donors (Lipinski definition) is 2. The minimum atomic E-state index is 0.217. The number of aliphatic hydroxyl groups excluding tert-OH is 1. The number of rotatable bonds is 9. The molecule has 0 atom stereocenters. The molecule has 198 valence electrons. The fraction of sp³-hybridized carbons (Fsp3) is 0.533. The van der Waals surface area contributed by atoms with Gasteiger partial charge in [0.05, 0.1) is 17.3 Å². The van der Waals surface area contributed by atoms with E-state index >= 15 is 0 Å². The minimum absolute atomic E-state index is 0.217. The SMILES string of the molecule is CNC.Cc1c(OCc2ccc(C#N)cc2)ccc2c(CCC3CCN(CC4(CO)CC4)CC3)noc12. The molecule has 1 aliphatic carbocycles. The van der Waals surface area contributed by atoms with Crippen molar-refractivity contribution in [3.8, 4) is 11.8 Å². The maximum Gasteiger partial charge on any atom is 0.173 e. The summed E-state index contributed by atoms with van der Waals surface area (Å²) >= 11 is 0. The molecule has 1 aromatic heterocycles. The van der Waals surface area contributed by atoms with Crippen LogP contribution in [0.4, 0.5) is 0 Å². The predicted molar refractivity (Wildman–Crippen MR) is 145 cm³/mol. The summed E-state index contributed by atoms with van der Waals surface area (Å²) < 4.78 is 11.8. The molecule has 0 radical (unpaired) electrons. The molecule has 1 saturated heterocycles. The fourth-order valence-electron chi connectivity index (χ4n) is 5.13. The van der Waals surface area contributed by atoms with Crippen LogP contribution in [-0.4, -0.2) is 55.5 Å². The Morgan fingerprint density at radius 3 is 2.49 bits per heavy atom. The van der Waals surface area contributed by atoms with E-state index in [4.69, 9.17) is 14.5 Å². The number of likely N-dealkylation sites (tertiary alicyclic amines) is 1. The van der Waals surface area contributed by atoms with Gasteiger partial charge in [0.25, 0.3) is 0 Å². The third kappa shape index (κ3) is 6.89. The molecular formula is C30H40N4O3. The molecule has 0 unspecified atom stereocenters. The van der Waals surface area contributed by atoms with Gasteiger partial charge in [0.2, 0.25) is 0 Å². The lowest BCUT2D eigenvalue weighted by atomic mass is 9.90. The Balaban J connectivity index is 0.00000102. The van der Waals surface area contributed by atoms with Gasteiger partial charge >= 0.3 is 0 Å². The van der Waals surface area contributed by atoms with Crippen molar-refractivity contribution in [3.05, 3.63) is 58.8 Å². The molecule has 0 spiro atoms. The minimum Gasteiger partial charge on any atom is -0.488 e. The molecule has 5 rings (SSSR count). The second-order valence-electron chi connectivity index (χ2n) is 10.7. The zero-order valence-electron chi connectivity index (χ0n) is 22.4. The number of aryl methyl sites for hydroxylation is 2. The molecule has 2 aromatic carbocycles. The Kier molecular flexibility index (Phi) is 9.20. The summed E-state index contributed by atoms with van der Waals surface area (Å²) in [6, 6.07) is 13.7. The molecular weight excluding hydrogens is 464 g/mol. The first-order valence-electron chi connectivity index (χ1n) is 13.4. The quantitative estimate of drug-likeness (QED) is 0.431. The van der Waals surface area contributed by atoms with Crippen LogP contribution in [0, 0.1) is 29.6 Å². The Morgan fingerprint density at radius 1 is 1.16 bits per heavy atom. The van der Waals surface area contributed by atoms with Gasteiger partial charge in [-0.05, 0) is 108 Å². The summed E-state index contributed by atoms with van der Waals surface area (Å²) in [5.74, 6) is 1.52. The third-order valence-corrected chi connectivity index (χ3v) is 7.74. The van der Waals surface area contributed by atoms with Crippen LogP contribution in [0.25, 0.3) is 11.0 Å². The number of piperidine rings is 1. The topological polar surface area (TPSA) is 94.5 Å². The number of nitriles is 1. The molecule has 0 amide bonds. The van der Waals surface area contributed by atoms with Crippen molar-refractivity contribution < 1.29 is 14.4 Å². The van der Waals surface area contributed by atoms with Crippen molar-refractivity contribution in [3.63, 3.8) is 0 Å². The maximum absolute atomic E-state index is 9.59. The van der Waals surface area contributed by atoms with Crippen LogP contribution in [-0.2, 0) is 13.0 Å². The van der Waals surface area contributed by atoms with Gasteiger partial charge in [0, 0.05) is 29.5 Å². The van der Waals surface area contributed by atoms with Crippen molar-refractivity contribution in [1.82, 2.24) is 15.4 Å². The molecule has 2 N–H and O–H groups in total. The number of nitrogens with one attached hydrogen (secondary N) is 1. The standard InChI is InChI=1S/C28H33N3O3.C2H7N/c1-20-26(33-17-23-4-2-22(16-29)3-5-23)9-7-24-25(30-34-27(20)24)8-6-21-10-14-31(15-11-21)18-28(19-32)12-13-28;1-3-2/h2-5,7,9,21,32H,6,8,10-15,17-19H2,1H3;3H,1-2H3. The van der Waals surface area contributed by atoms with Crippen molar-refractivity contribution in [2.75, 3.05) is 40.3 Å². The lowest BCUT2D eigenvalue weighted by Gasteiger charge is -2.34. The monoisotopic (exact) mass is 504 g/mol. The van der Waals surface area contributed by atoms with Crippen molar-refractivity contribution in [2.24, 2.45) is 11.3 Å². The number of hydrogen-bond acceptors (Lipinski definition) is 7. The van der Waals surface area contributed by atoms with Crippen LogP contribution in [0.5, 0.6) is 5.75 Å². The van der Waals surface area contributed by atoms with Crippen molar-refractivity contribution >= 4 is 11.0 Å². The third-order valence-electron chi connectivity index (χ3n) is 7.74. The molecule has 1 saturated carbocycles. The van der Waals surface area contributed by atoms with E-state index < -0.39 is 0 Å². The summed E-state index contributed by atoms with van der Waals surface area (Å²) in [6.07, 6.45) is 6.89. The number of fused-ring (bicyclic) bond motifs is 1. The number of nitrogens with zero attached hydrogens (tertiary/aromatic N) is 3. The molecule has 7 nitrogen and oxygen atoms in total. The van der Waals surface area contributed by atoms with E-state index in [2.05, 4.69) is 27.5 Å². The molecule has 1 aliphatic heterocycles. The number of aliphatic hydroxyl groups is 1. The lowest BCUT2D eigenvalue weighted by Crippen LogP contribution is -2.38. The van der Waals surface area contributed by atoms with Crippen LogP contribution in [0.15, 0.2) is 40.9 Å². The highest BCUT2D eigenvalue weighted by Crippen LogP contribution is 2.46. The predicted octanol–water partition coefficient (Wildman–Crippen LogP) is 4.84. The van der Waals surface area contributed by atoms with E-state index in [1.54, 1.807) is 12.1 Å². The Bertz CT molecular complexity index is 1190.